The highest BCUT2D eigenvalue weighted by molar-refractivity contribution is 5.88. The van der Waals surface area contributed by atoms with Crippen LogP contribution in [0.4, 0.5) is 10.6 Å². The van der Waals surface area contributed by atoms with Crippen LogP contribution in [0, 0.1) is 12.3 Å². The number of furan rings is 1. The van der Waals surface area contributed by atoms with E-state index in [1.807, 2.05) is 20.8 Å². The number of anilines is 1. The Morgan fingerprint density at radius 2 is 2.23 bits per heavy atom. The van der Waals surface area contributed by atoms with Gasteiger partial charge in [0.2, 0.25) is 0 Å². The van der Waals surface area contributed by atoms with Crippen molar-refractivity contribution in [2.75, 3.05) is 25.5 Å². The first-order chi connectivity index (χ1) is 10.3. The highest BCUT2D eigenvalue weighted by atomic mass is 16.5. The molecule has 22 heavy (non-hydrogen) atoms. The van der Waals surface area contributed by atoms with Gasteiger partial charge in [-0.25, -0.2) is 4.79 Å². The van der Waals surface area contributed by atoms with Gasteiger partial charge in [-0.1, -0.05) is 19.0 Å². The van der Waals surface area contributed by atoms with E-state index >= 15 is 0 Å². The minimum Gasteiger partial charge on any atom is -0.469 e. The van der Waals surface area contributed by atoms with E-state index in [9.17, 15) is 9.90 Å². The molecule has 0 bridgehead atoms. The Morgan fingerprint density at radius 3 is 2.82 bits per heavy atom. The molecule has 0 aliphatic carbocycles. The van der Waals surface area contributed by atoms with E-state index in [-0.39, 0.29) is 18.1 Å². The molecule has 7 nitrogen and oxygen atoms in total. The Labute approximate surface area is 128 Å². The standard InChI is InChI=1S/C15H21N3O4/c1-10-11(5-6-21-10)12-7-13(17-22-12)16-14(20)18(4)8-15(2,3)9-19/h5-7,19H,8-9H2,1-4H3,(H,16,17,20). The minimum absolute atomic E-state index is 0.00149. The minimum atomic E-state index is -0.366. The number of aromatic nitrogens is 1. The molecule has 2 aromatic heterocycles. The van der Waals surface area contributed by atoms with E-state index < -0.39 is 0 Å². The van der Waals surface area contributed by atoms with E-state index in [4.69, 9.17) is 8.94 Å². The van der Waals surface area contributed by atoms with Crippen LogP contribution in [-0.4, -0.2) is 41.4 Å². The molecule has 7 heteroatoms. The van der Waals surface area contributed by atoms with E-state index in [0.717, 1.165) is 11.3 Å². The van der Waals surface area contributed by atoms with Gasteiger partial charge in [0.05, 0.1) is 11.8 Å². The van der Waals surface area contributed by atoms with Gasteiger partial charge < -0.3 is 18.9 Å². The fourth-order valence-corrected chi connectivity index (χ4v) is 2.07. The summed E-state index contributed by atoms with van der Waals surface area (Å²) in [7, 11) is 1.66. The summed E-state index contributed by atoms with van der Waals surface area (Å²) in [5.41, 5.74) is 0.428. The number of aliphatic hydroxyl groups is 1. The highest BCUT2D eigenvalue weighted by Crippen LogP contribution is 2.26. The third-order valence-corrected chi connectivity index (χ3v) is 3.31. The summed E-state index contributed by atoms with van der Waals surface area (Å²) in [5.74, 6) is 1.57. The van der Waals surface area contributed by atoms with Crippen molar-refractivity contribution in [3.8, 4) is 11.3 Å². The van der Waals surface area contributed by atoms with Gasteiger partial charge in [0.15, 0.2) is 11.6 Å². The van der Waals surface area contributed by atoms with Crippen molar-refractivity contribution in [3.63, 3.8) is 0 Å². The predicted octanol–water partition coefficient (Wildman–Crippen LogP) is 2.73. The molecule has 0 saturated carbocycles. The molecule has 0 radical (unpaired) electrons. The lowest BCUT2D eigenvalue weighted by atomic mass is 9.94. The van der Waals surface area contributed by atoms with Crippen LogP contribution in [-0.2, 0) is 0 Å². The quantitative estimate of drug-likeness (QED) is 0.886. The predicted molar refractivity (Wildman–Crippen MR) is 81.5 cm³/mol. The topological polar surface area (TPSA) is 91.7 Å². The molecule has 0 spiro atoms. The summed E-state index contributed by atoms with van der Waals surface area (Å²) in [4.78, 5) is 13.6. The molecular weight excluding hydrogens is 286 g/mol. The maximum atomic E-state index is 12.1. The van der Waals surface area contributed by atoms with E-state index in [2.05, 4.69) is 10.5 Å². The van der Waals surface area contributed by atoms with Crippen molar-refractivity contribution in [1.82, 2.24) is 10.1 Å². The molecule has 0 aliphatic heterocycles. The maximum absolute atomic E-state index is 12.1. The molecule has 0 atom stereocenters. The van der Waals surface area contributed by atoms with Gasteiger partial charge in [-0.2, -0.15) is 0 Å². The highest BCUT2D eigenvalue weighted by Gasteiger charge is 2.22. The third kappa shape index (κ3) is 3.67. The number of rotatable bonds is 5. The maximum Gasteiger partial charge on any atom is 0.322 e. The number of carbonyl (C=O) groups excluding carboxylic acids is 1. The second kappa shape index (κ2) is 6.23. The molecule has 0 saturated heterocycles. The largest absolute Gasteiger partial charge is 0.469 e. The van der Waals surface area contributed by atoms with Crippen LogP contribution in [0.25, 0.3) is 11.3 Å². The van der Waals surface area contributed by atoms with Gasteiger partial charge >= 0.3 is 6.03 Å². The Kier molecular flexibility index (Phi) is 4.56. The fraction of sp³-hybridized carbons (Fsp3) is 0.467. The number of amides is 2. The Balaban J connectivity index is 2.01. The molecule has 0 aromatic carbocycles. The number of hydrogen-bond donors (Lipinski definition) is 2. The lowest BCUT2D eigenvalue weighted by molar-refractivity contribution is 0.125. The van der Waals surface area contributed by atoms with Gasteiger partial charge in [-0.3, -0.25) is 5.32 Å². The number of nitrogens with zero attached hydrogens (tertiary/aromatic N) is 2. The van der Waals surface area contributed by atoms with Crippen molar-refractivity contribution in [2.45, 2.75) is 20.8 Å². The number of nitrogens with one attached hydrogen (secondary N) is 1. The zero-order valence-corrected chi connectivity index (χ0v) is 13.2. The first kappa shape index (κ1) is 16.1. The van der Waals surface area contributed by atoms with Crippen molar-refractivity contribution >= 4 is 11.8 Å². The second-order valence-electron chi connectivity index (χ2n) is 6.08. The smallest absolute Gasteiger partial charge is 0.322 e. The average molecular weight is 307 g/mol. The molecular formula is C15H21N3O4. The summed E-state index contributed by atoms with van der Waals surface area (Å²) >= 11 is 0. The summed E-state index contributed by atoms with van der Waals surface area (Å²) in [6.07, 6.45) is 1.57. The van der Waals surface area contributed by atoms with Crippen LogP contribution < -0.4 is 5.32 Å². The molecule has 0 unspecified atom stereocenters. The van der Waals surface area contributed by atoms with E-state index in [1.54, 1.807) is 25.4 Å². The molecule has 0 aliphatic rings. The van der Waals surface area contributed by atoms with Crippen molar-refractivity contribution < 1.29 is 18.8 Å². The SMILES string of the molecule is Cc1occc1-c1cc(NC(=O)N(C)CC(C)(C)CO)no1. The molecule has 2 N–H and O–H groups in total. The number of aryl methyl sites for hydroxylation is 1. The monoisotopic (exact) mass is 307 g/mol. The van der Waals surface area contributed by atoms with Gasteiger partial charge in [-0.15, -0.1) is 0 Å². The van der Waals surface area contributed by atoms with Crippen LogP contribution in [0.2, 0.25) is 0 Å². The van der Waals surface area contributed by atoms with Crippen LogP contribution in [0.15, 0.2) is 27.3 Å². The normalized spacial score (nSPS) is 11.5. The third-order valence-electron chi connectivity index (χ3n) is 3.31. The van der Waals surface area contributed by atoms with Gasteiger partial charge in [0, 0.05) is 31.7 Å². The van der Waals surface area contributed by atoms with Gasteiger partial charge in [0.1, 0.15) is 5.76 Å². The van der Waals surface area contributed by atoms with Crippen LogP contribution in [0.3, 0.4) is 0 Å². The van der Waals surface area contributed by atoms with Gasteiger partial charge in [0.25, 0.3) is 0 Å². The summed E-state index contributed by atoms with van der Waals surface area (Å²) < 4.78 is 10.4. The average Bonchev–Trinajstić information content (AvgIpc) is 3.07. The Hall–Kier alpha value is -2.28. The van der Waals surface area contributed by atoms with E-state index in [1.165, 1.54) is 4.90 Å². The van der Waals surface area contributed by atoms with Crippen LogP contribution >= 0.6 is 0 Å². The van der Waals surface area contributed by atoms with Crippen molar-refractivity contribution in [1.29, 1.82) is 0 Å². The number of urea groups is 1. The molecule has 2 aromatic rings. The van der Waals surface area contributed by atoms with Gasteiger partial charge in [-0.05, 0) is 13.0 Å². The Bertz CT molecular complexity index is 645. The summed E-state index contributed by atoms with van der Waals surface area (Å²) in [5, 5.41) is 15.7. The van der Waals surface area contributed by atoms with Crippen molar-refractivity contribution in [2.24, 2.45) is 5.41 Å². The van der Waals surface area contributed by atoms with Crippen LogP contribution in [0.5, 0.6) is 0 Å². The first-order valence-corrected chi connectivity index (χ1v) is 6.96. The molecule has 0 fully saturated rings. The Morgan fingerprint density at radius 1 is 1.50 bits per heavy atom. The zero-order valence-electron chi connectivity index (χ0n) is 13.2. The fourth-order valence-electron chi connectivity index (χ4n) is 2.07. The van der Waals surface area contributed by atoms with E-state index in [0.29, 0.717) is 18.1 Å². The lowest BCUT2D eigenvalue weighted by Gasteiger charge is -2.28. The lowest BCUT2D eigenvalue weighted by Crippen LogP contribution is -2.40. The number of hydrogen-bond acceptors (Lipinski definition) is 5. The zero-order chi connectivity index (χ0) is 16.3. The molecule has 120 valence electrons. The number of aliphatic hydroxyl groups excluding tert-OH is 1. The first-order valence-electron chi connectivity index (χ1n) is 6.96. The number of carbonyl (C=O) groups is 1. The summed E-state index contributed by atoms with van der Waals surface area (Å²) in [6, 6.07) is 3.10. The molecule has 2 rings (SSSR count). The van der Waals surface area contributed by atoms with Crippen LogP contribution in [0.1, 0.15) is 19.6 Å². The molecule has 2 amide bonds. The molecule has 2 heterocycles. The second-order valence-corrected chi connectivity index (χ2v) is 6.08. The summed E-state index contributed by atoms with van der Waals surface area (Å²) in [6.45, 7) is 6.00. The van der Waals surface area contributed by atoms with Crippen molar-refractivity contribution in [3.05, 3.63) is 24.2 Å².